The van der Waals surface area contributed by atoms with E-state index in [0.717, 1.165) is 26.8 Å². The molecule has 1 aromatic heterocycles. The van der Waals surface area contributed by atoms with Crippen molar-refractivity contribution in [2.75, 3.05) is 16.8 Å². The zero-order valence-corrected chi connectivity index (χ0v) is 15.8. The summed E-state index contributed by atoms with van der Waals surface area (Å²) < 4.78 is 0.908. The quantitative estimate of drug-likeness (QED) is 0.633. The first-order valence-corrected chi connectivity index (χ1v) is 9.28. The number of hydrogen-bond donors (Lipinski definition) is 2. The van der Waals surface area contributed by atoms with Gasteiger partial charge in [0, 0.05) is 39.0 Å². The lowest BCUT2D eigenvalue weighted by Crippen LogP contribution is -2.33. The second-order valence-corrected chi connectivity index (χ2v) is 7.47. The largest absolute Gasteiger partial charge is 0.359 e. The number of nitrogens with one attached hydrogen (secondary N) is 2. The number of H-pyrrole nitrogens is 1. The van der Waals surface area contributed by atoms with Gasteiger partial charge in [0.25, 0.3) is 0 Å². The van der Waals surface area contributed by atoms with Crippen LogP contribution in [0.2, 0.25) is 0 Å². The molecule has 0 bridgehead atoms. The average molecular weight is 412 g/mol. The zero-order chi connectivity index (χ0) is 18.3. The number of aryl methyl sites for hydroxylation is 1. The summed E-state index contributed by atoms with van der Waals surface area (Å²) in [6.07, 6.45) is 0.517. The van der Waals surface area contributed by atoms with Crippen LogP contribution in [-0.2, 0) is 9.59 Å². The van der Waals surface area contributed by atoms with Crippen LogP contribution in [0.4, 0.5) is 11.4 Å². The Morgan fingerprint density at radius 1 is 1.23 bits per heavy atom. The van der Waals surface area contributed by atoms with Crippen molar-refractivity contribution in [2.45, 2.75) is 13.3 Å². The van der Waals surface area contributed by atoms with Gasteiger partial charge < -0.3 is 15.2 Å². The molecule has 1 saturated heterocycles. The maximum Gasteiger partial charge on any atom is 0.239 e. The Morgan fingerprint density at radius 3 is 2.88 bits per heavy atom. The predicted octanol–water partition coefficient (Wildman–Crippen LogP) is 4.23. The average Bonchev–Trinajstić information content (AvgIpc) is 3.16. The van der Waals surface area contributed by atoms with Gasteiger partial charge in [-0.1, -0.05) is 22.0 Å². The topological polar surface area (TPSA) is 65.2 Å². The van der Waals surface area contributed by atoms with E-state index in [1.165, 1.54) is 0 Å². The molecule has 5 nitrogen and oxygen atoms in total. The van der Waals surface area contributed by atoms with Gasteiger partial charge in [0.2, 0.25) is 11.8 Å². The zero-order valence-electron chi connectivity index (χ0n) is 14.3. The van der Waals surface area contributed by atoms with E-state index in [1.54, 1.807) is 4.90 Å². The van der Waals surface area contributed by atoms with Crippen molar-refractivity contribution in [2.24, 2.45) is 5.92 Å². The summed E-state index contributed by atoms with van der Waals surface area (Å²) in [5, 5.41) is 3.93. The molecule has 0 saturated carbocycles. The number of anilines is 2. The summed E-state index contributed by atoms with van der Waals surface area (Å²) in [5.41, 5.74) is 3.61. The van der Waals surface area contributed by atoms with Gasteiger partial charge in [0.1, 0.15) is 5.92 Å². The maximum atomic E-state index is 12.7. The number of amides is 2. The number of aromatic amines is 1. The number of rotatable bonds is 3. The number of halogens is 1. The van der Waals surface area contributed by atoms with Crippen LogP contribution in [0.25, 0.3) is 10.9 Å². The van der Waals surface area contributed by atoms with Crippen LogP contribution >= 0.6 is 15.9 Å². The molecular weight excluding hydrogens is 394 g/mol. The number of benzene rings is 2. The monoisotopic (exact) mass is 411 g/mol. The third-order valence-electron chi connectivity index (χ3n) is 4.66. The summed E-state index contributed by atoms with van der Waals surface area (Å²) in [7, 11) is 0. The van der Waals surface area contributed by atoms with E-state index in [0.29, 0.717) is 18.7 Å². The fraction of sp³-hybridized carbons (Fsp3) is 0.200. The lowest BCUT2D eigenvalue weighted by atomic mass is 10.1. The Balaban J connectivity index is 1.50. The van der Waals surface area contributed by atoms with Crippen LogP contribution in [0.5, 0.6) is 0 Å². The molecule has 0 radical (unpaired) electrons. The van der Waals surface area contributed by atoms with Gasteiger partial charge in [-0.15, -0.1) is 0 Å². The minimum absolute atomic E-state index is 0.154. The summed E-state index contributed by atoms with van der Waals surface area (Å²) in [6.45, 7) is 2.54. The van der Waals surface area contributed by atoms with Gasteiger partial charge in [-0.3, -0.25) is 9.59 Å². The molecule has 2 aromatic carbocycles. The number of fused-ring (bicyclic) bond motifs is 1. The van der Waals surface area contributed by atoms with Gasteiger partial charge in [0.15, 0.2) is 0 Å². The van der Waals surface area contributed by atoms with Crippen LogP contribution < -0.4 is 10.2 Å². The van der Waals surface area contributed by atoms with E-state index >= 15 is 0 Å². The first-order chi connectivity index (χ1) is 12.5. The maximum absolute atomic E-state index is 12.7. The van der Waals surface area contributed by atoms with Crippen molar-refractivity contribution in [1.29, 1.82) is 0 Å². The minimum atomic E-state index is -0.655. The second-order valence-electron chi connectivity index (χ2n) is 6.55. The number of carbonyl (C=O) groups is 2. The van der Waals surface area contributed by atoms with E-state index in [4.69, 9.17) is 0 Å². The molecule has 0 aliphatic carbocycles. The lowest BCUT2D eigenvalue weighted by molar-refractivity contribution is -0.129. The summed E-state index contributed by atoms with van der Waals surface area (Å²) in [6, 6.07) is 15.3. The van der Waals surface area contributed by atoms with Gasteiger partial charge >= 0.3 is 0 Å². The van der Waals surface area contributed by atoms with Crippen molar-refractivity contribution in [3.8, 4) is 0 Å². The molecule has 26 heavy (non-hydrogen) atoms. The van der Waals surface area contributed by atoms with Crippen LogP contribution in [0.15, 0.2) is 53.0 Å². The highest BCUT2D eigenvalue weighted by Gasteiger charge is 2.37. The molecule has 2 heterocycles. The molecule has 1 aliphatic heterocycles. The Morgan fingerprint density at radius 2 is 2.08 bits per heavy atom. The van der Waals surface area contributed by atoms with E-state index in [1.807, 2.05) is 55.5 Å². The standard InChI is InChI=1S/C20H18BrN3O2/c1-12-9-13-10-15(5-6-18(13)22-12)23-19(25)17-7-8-24(20(17)26)16-4-2-3-14(21)11-16/h2-6,9-11,17,22H,7-8H2,1H3,(H,23,25)/t17-/m0/s1. The Labute approximate surface area is 159 Å². The molecule has 2 N–H and O–H groups in total. The summed E-state index contributed by atoms with van der Waals surface area (Å²) >= 11 is 3.42. The summed E-state index contributed by atoms with van der Waals surface area (Å²) in [5.74, 6) is -1.06. The third-order valence-corrected chi connectivity index (χ3v) is 5.16. The van der Waals surface area contributed by atoms with Gasteiger partial charge in [-0.2, -0.15) is 0 Å². The molecule has 1 atom stereocenters. The molecule has 4 rings (SSSR count). The number of hydrogen-bond acceptors (Lipinski definition) is 2. The van der Waals surface area contributed by atoms with Crippen LogP contribution in [0, 0.1) is 12.8 Å². The SMILES string of the molecule is Cc1cc2cc(NC(=O)[C@@H]3CCN(c4cccc(Br)c4)C3=O)ccc2[nH]1. The normalized spacial score (nSPS) is 17.1. The lowest BCUT2D eigenvalue weighted by Gasteiger charge is -2.17. The van der Waals surface area contributed by atoms with Crippen molar-refractivity contribution >= 4 is 50.0 Å². The Hall–Kier alpha value is -2.60. The van der Waals surface area contributed by atoms with Crippen molar-refractivity contribution in [3.63, 3.8) is 0 Å². The molecule has 0 unspecified atom stereocenters. The Bertz CT molecular complexity index is 1010. The first-order valence-electron chi connectivity index (χ1n) is 8.48. The van der Waals surface area contributed by atoms with Crippen molar-refractivity contribution < 1.29 is 9.59 Å². The number of aromatic nitrogens is 1. The van der Waals surface area contributed by atoms with Gasteiger partial charge in [-0.05, 0) is 55.8 Å². The van der Waals surface area contributed by atoms with E-state index in [9.17, 15) is 9.59 Å². The van der Waals surface area contributed by atoms with Crippen LogP contribution in [-0.4, -0.2) is 23.3 Å². The molecule has 0 spiro atoms. The highest BCUT2D eigenvalue weighted by atomic mass is 79.9. The van der Waals surface area contributed by atoms with Crippen LogP contribution in [0.1, 0.15) is 12.1 Å². The predicted molar refractivity (Wildman–Crippen MR) is 106 cm³/mol. The second kappa shape index (κ2) is 6.61. The molecular formula is C20H18BrN3O2. The fourth-order valence-corrected chi connectivity index (χ4v) is 3.80. The molecule has 132 valence electrons. The number of nitrogens with zero attached hydrogens (tertiary/aromatic N) is 1. The summed E-state index contributed by atoms with van der Waals surface area (Å²) in [4.78, 5) is 30.3. The number of carbonyl (C=O) groups excluding carboxylic acids is 2. The molecule has 3 aromatic rings. The van der Waals surface area contributed by atoms with E-state index < -0.39 is 5.92 Å². The third kappa shape index (κ3) is 3.12. The first kappa shape index (κ1) is 16.8. The smallest absolute Gasteiger partial charge is 0.239 e. The highest BCUT2D eigenvalue weighted by molar-refractivity contribution is 9.10. The minimum Gasteiger partial charge on any atom is -0.359 e. The molecule has 2 amide bonds. The van der Waals surface area contributed by atoms with Crippen LogP contribution in [0.3, 0.4) is 0 Å². The Kier molecular flexibility index (Phi) is 4.28. The van der Waals surface area contributed by atoms with Gasteiger partial charge in [-0.25, -0.2) is 0 Å². The van der Waals surface area contributed by atoms with Gasteiger partial charge in [0.05, 0.1) is 0 Å². The fourth-order valence-electron chi connectivity index (χ4n) is 3.41. The molecule has 6 heteroatoms. The molecule has 1 aliphatic rings. The van der Waals surface area contributed by atoms with E-state index in [2.05, 4.69) is 26.2 Å². The highest BCUT2D eigenvalue weighted by Crippen LogP contribution is 2.28. The van der Waals surface area contributed by atoms with Crippen molar-refractivity contribution in [1.82, 2.24) is 4.98 Å². The van der Waals surface area contributed by atoms with Crippen molar-refractivity contribution in [3.05, 3.63) is 58.7 Å². The van der Waals surface area contributed by atoms with E-state index in [-0.39, 0.29) is 11.8 Å². The molecule has 1 fully saturated rings.